The monoisotopic (exact) mass is 454 g/mol. The van der Waals surface area contributed by atoms with E-state index in [9.17, 15) is 0 Å². The molecule has 134 valence electrons. The highest BCUT2D eigenvalue weighted by Crippen LogP contribution is 2.33. The molecule has 1 heterocycles. The van der Waals surface area contributed by atoms with Gasteiger partial charge in [0.05, 0.1) is 12.2 Å². The van der Waals surface area contributed by atoms with Crippen LogP contribution < -0.4 is 4.90 Å². The first kappa shape index (κ1) is 18.2. The summed E-state index contributed by atoms with van der Waals surface area (Å²) in [5.41, 5.74) is 4.38. The molecular weight excluding hydrogens is 440 g/mol. The molecule has 2 nitrogen and oxygen atoms in total. The smallest absolute Gasteiger partial charge is 0.190 e. The third-order valence-electron chi connectivity index (χ3n) is 4.18. The summed E-state index contributed by atoms with van der Waals surface area (Å²) in [5.74, 6) is 0. The Morgan fingerprint density at radius 3 is 2.30 bits per heavy atom. The second-order valence-corrected chi connectivity index (χ2v) is 8.26. The van der Waals surface area contributed by atoms with Crippen LogP contribution in [-0.4, -0.2) is 4.98 Å². The fourth-order valence-corrected chi connectivity index (χ4v) is 4.04. The summed E-state index contributed by atoms with van der Waals surface area (Å²) < 4.78 is 1.08. The zero-order valence-electron chi connectivity index (χ0n) is 14.3. The summed E-state index contributed by atoms with van der Waals surface area (Å²) in [6, 6.07) is 26.6. The molecule has 0 fully saturated rings. The Balaban J connectivity index is 1.68. The molecule has 0 saturated carbocycles. The standard InChI is InChI=1S/C22H16BrClN2S/c23-18-10-6-16(7-11-18)14-26(20-4-2-1-3-5-20)22-25-21(15-27-22)17-8-12-19(24)13-9-17/h1-13,15H,14H2. The normalized spacial score (nSPS) is 10.7. The number of hydrogen-bond donors (Lipinski definition) is 0. The molecule has 1 aromatic heterocycles. The zero-order valence-corrected chi connectivity index (χ0v) is 17.5. The zero-order chi connectivity index (χ0) is 18.6. The van der Waals surface area contributed by atoms with Crippen molar-refractivity contribution in [2.75, 3.05) is 4.90 Å². The fourth-order valence-electron chi connectivity index (χ4n) is 2.79. The van der Waals surface area contributed by atoms with E-state index in [1.54, 1.807) is 11.3 Å². The predicted octanol–water partition coefficient (Wildman–Crippen LogP) is 7.56. The van der Waals surface area contributed by atoms with Crippen LogP contribution >= 0.6 is 38.9 Å². The molecule has 5 heteroatoms. The molecule has 3 aromatic carbocycles. The number of hydrogen-bond acceptors (Lipinski definition) is 3. The van der Waals surface area contributed by atoms with Gasteiger partial charge in [0.2, 0.25) is 0 Å². The average molecular weight is 456 g/mol. The molecule has 0 radical (unpaired) electrons. The Morgan fingerprint density at radius 2 is 1.59 bits per heavy atom. The SMILES string of the molecule is Clc1ccc(-c2csc(N(Cc3ccc(Br)cc3)c3ccccc3)n2)cc1. The van der Waals surface area contributed by atoms with Crippen LogP contribution in [0.2, 0.25) is 5.02 Å². The summed E-state index contributed by atoms with van der Waals surface area (Å²) in [7, 11) is 0. The van der Waals surface area contributed by atoms with Gasteiger partial charge in [-0.15, -0.1) is 11.3 Å². The summed E-state index contributed by atoms with van der Waals surface area (Å²) in [4.78, 5) is 7.14. The molecule has 0 amide bonds. The van der Waals surface area contributed by atoms with E-state index >= 15 is 0 Å². The maximum atomic E-state index is 6.01. The number of benzene rings is 3. The number of thiazole rings is 1. The van der Waals surface area contributed by atoms with Crippen LogP contribution in [0.4, 0.5) is 10.8 Å². The van der Waals surface area contributed by atoms with Gasteiger partial charge >= 0.3 is 0 Å². The number of halogens is 2. The minimum Gasteiger partial charge on any atom is -0.313 e. The molecule has 0 N–H and O–H groups in total. The van der Waals surface area contributed by atoms with Gasteiger partial charge in [0.15, 0.2) is 5.13 Å². The van der Waals surface area contributed by atoms with Crippen molar-refractivity contribution in [3.05, 3.63) is 99.3 Å². The molecule has 0 aliphatic carbocycles. The van der Waals surface area contributed by atoms with Crippen molar-refractivity contribution in [2.45, 2.75) is 6.54 Å². The lowest BCUT2D eigenvalue weighted by atomic mass is 10.2. The number of nitrogens with zero attached hydrogens (tertiary/aromatic N) is 2. The van der Waals surface area contributed by atoms with Crippen LogP contribution in [0.3, 0.4) is 0 Å². The number of rotatable bonds is 5. The second kappa shape index (κ2) is 8.26. The average Bonchev–Trinajstić information content (AvgIpc) is 3.18. The van der Waals surface area contributed by atoms with Crippen LogP contribution in [0.5, 0.6) is 0 Å². The lowest BCUT2D eigenvalue weighted by Gasteiger charge is -2.22. The predicted molar refractivity (Wildman–Crippen MR) is 119 cm³/mol. The molecule has 4 rings (SSSR count). The van der Waals surface area contributed by atoms with E-state index < -0.39 is 0 Å². The summed E-state index contributed by atoms with van der Waals surface area (Å²) in [6.45, 7) is 0.755. The second-order valence-electron chi connectivity index (χ2n) is 6.07. The van der Waals surface area contributed by atoms with Crippen molar-refractivity contribution in [1.29, 1.82) is 0 Å². The Labute approximate surface area is 176 Å². The Morgan fingerprint density at radius 1 is 0.889 bits per heavy atom. The number of aromatic nitrogens is 1. The third-order valence-corrected chi connectivity index (χ3v) is 5.83. The van der Waals surface area contributed by atoms with E-state index in [2.05, 4.69) is 74.7 Å². The summed E-state index contributed by atoms with van der Waals surface area (Å²) in [5, 5.41) is 3.79. The van der Waals surface area contributed by atoms with Crippen molar-refractivity contribution in [3.8, 4) is 11.3 Å². The molecule has 0 unspecified atom stereocenters. The molecule has 0 spiro atoms. The van der Waals surface area contributed by atoms with E-state index in [4.69, 9.17) is 16.6 Å². The molecule has 0 saturated heterocycles. The van der Waals surface area contributed by atoms with Crippen LogP contribution in [0.1, 0.15) is 5.56 Å². The van der Waals surface area contributed by atoms with Gasteiger partial charge in [0.25, 0.3) is 0 Å². The quantitative estimate of drug-likeness (QED) is 0.308. The van der Waals surface area contributed by atoms with Crippen molar-refractivity contribution < 1.29 is 0 Å². The molecule has 27 heavy (non-hydrogen) atoms. The van der Waals surface area contributed by atoms with Gasteiger partial charge in [0.1, 0.15) is 0 Å². The van der Waals surface area contributed by atoms with Crippen LogP contribution in [0, 0.1) is 0 Å². The van der Waals surface area contributed by atoms with Crippen molar-refractivity contribution >= 4 is 49.7 Å². The van der Waals surface area contributed by atoms with E-state index in [1.807, 2.05) is 30.3 Å². The van der Waals surface area contributed by atoms with Gasteiger partial charge in [-0.1, -0.05) is 70.0 Å². The number of para-hydroxylation sites is 1. The third kappa shape index (κ3) is 4.41. The van der Waals surface area contributed by atoms with Gasteiger partial charge in [-0.05, 0) is 42.0 Å². The highest BCUT2D eigenvalue weighted by Gasteiger charge is 2.15. The van der Waals surface area contributed by atoms with Crippen LogP contribution in [0.15, 0.2) is 88.7 Å². The maximum absolute atomic E-state index is 6.01. The molecule has 0 bridgehead atoms. The Hall–Kier alpha value is -2.14. The Kier molecular flexibility index (Phi) is 5.58. The first-order valence-corrected chi connectivity index (χ1v) is 10.5. The van der Waals surface area contributed by atoms with Crippen LogP contribution in [0.25, 0.3) is 11.3 Å². The molecule has 0 aliphatic rings. The molecular formula is C22H16BrClN2S. The van der Waals surface area contributed by atoms with Crippen molar-refractivity contribution in [2.24, 2.45) is 0 Å². The van der Waals surface area contributed by atoms with Gasteiger partial charge in [-0.2, -0.15) is 0 Å². The number of anilines is 2. The Bertz CT molecular complexity index is 1010. The topological polar surface area (TPSA) is 16.1 Å². The fraction of sp³-hybridized carbons (Fsp3) is 0.0455. The minimum atomic E-state index is 0.732. The first-order valence-electron chi connectivity index (χ1n) is 8.47. The van der Waals surface area contributed by atoms with Crippen molar-refractivity contribution in [1.82, 2.24) is 4.98 Å². The molecule has 4 aromatic rings. The van der Waals surface area contributed by atoms with Gasteiger partial charge in [-0.25, -0.2) is 4.98 Å². The first-order chi connectivity index (χ1) is 13.2. The van der Waals surface area contributed by atoms with E-state index in [1.165, 1.54) is 5.56 Å². The molecule has 0 atom stereocenters. The lowest BCUT2D eigenvalue weighted by Crippen LogP contribution is -2.16. The minimum absolute atomic E-state index is 0.732. The van der Waals surface area contributed by atoms with E-state index in [-0.39, 0.29) is 0 Å². The van der Waals surface area contributed by atoms with Crippen molar-refractivity contribution in [3.63, 3.8) is 0 Å². The van der Waals surface area contributed by atoms with E-state index in [0.29, 0.717) is 0 Å². The highest BCUT2D eigenvalue weighted by molar-refractivity contribution is 9.10. The van der Waals surface area contributed by atoms with Gasteiger partial charge in [-0.3, -0.25) is 0 Å². The van der Waals surface area contributed by atoms with Crippen LogP contribution in [-0.2, 0) is 6.54 Å². The van der Waals surface area contributed by atoms with E-state index in [0.717, 1.165) is 38.1 Å². The lowest BCUT2D eigenvalue weighted by molar-refractivity contribution is 0.966. The van der Waals surface area contributed by atoms with Gasteiger partial charge in [0, 0.05) is 26.1 Å². The maximum Gasteiger partial charge on any atom is 0.190 e. The molecule has 0 aliphatic heterocycles. The highest BCUT2D eigenvalue weighted by atomic mass is 79.9. The largest absolute Gasteiger partial charge is 0.313 e. The summed E-state index contributed by atoms with van der Waals surface area (Å²) in [6.07, 6.45) is 0. The summed E-state index contributed by atoms with van der Waals surface area (Å²) >= 11 is 11.2. The van der Waals surface area contributed by atoms with Gasteiger partial charge < -0.3 is 4.90 Å².